The average Bonchev–Trinajstić information content (AvgIpc) is 1.84. The lowest BCUT2D eigenvalue weighted by atomic mass is 9.95. The van der Waals surface area contributed by atoms with E-state index >= 15 is 0 Å². The number of nitrogens with two attached hydrogens (primary N) is 1. The topological polar surface area (TPSA) is 26.0 Å². The van der Waals surface area contributed by atoms with E-state index in [9.17, 15) is 0 Å². The quantitative estimate of drug-likeness (QED) is 0.652. The van der Waals surface area contributed by atoms with E-state index in [1.54, 1.807) is 0 Å². The van der Waals surface area contributed by atoms with Gasteiger partial charge in [0.25, 0.3) is 0 Å². The van der Waals surface area contributed by atoms with Crippen molar-refractivity contribution < 1.29 is 0 Å². The monoisotopic (exact) mass is 171 g/mol. The third-order valence-electron chi connectivity index (χ3n) is 2.25. The Morgan fingerprint density at radius 2 is 1.58 bits per heavy atom. The molecule has 0 radical (unpaired) electrons. The molecule has 0 saturated carbocycles. The molecule has 0 aliphatic heterocycles. The Bertz CT molecular complexity index is 97.2. The van der Waals surface area contributed by atoms with Gasteiger partial charge < -0.3 is 5.73 Å². The van der Waals surface area contributed by atoms with E-state index in [2.05, 4.69) is 27.7 Å². The fourth-order valence-corrected chi connectivity index (χ4v) is 1.63. The summed E-state index contributed by atoms with van der Waals surface area (Å²) < 4.78 is 0. The Balaban J connectivity index is 3.25. The van der Waals surface area contributed by atoms with Gasteiger partial charge in [0.1, 0.15) is 0 Å². The Hall–Kier alpha value is -0.0400. The van der Waals surface area contributed by atoms with Crippen LogP contribution >= 0.6 is 0 Å². The summed E-state index contributed by atoms with van der Waals surface area (Å²) in [6.07, 6.45) is 5.26. The van der Waals surface area contributed by atoms with Gasteiger partial charge in [0.15, 0.2) is 0 Å². The van der Waals surface area contributed by atoms with Crippen LogP contribution in [-0.4, -0.2) is 6.04 Å². The fraction of sp³-hybridized carbons (Fsp3) is 1.00. The summed E-state index contributed by atoms with van der Waals surface area (Å²) in [5.41, 5.74) is 5.72. The van der Waals surface area contributed by atoms with Crippen molar-refractivity contribution in [3.8, 4) is 0 Å². The highest BCUT2D eigenvalue weighted by Crippen LogP contribution is 2.15. The van der Waals surface area contributed by atoms with Crippen molar-refractivity contribution in [3.63, 3.8) is 0 Å². The largest absolute Gasteiger partial charge is 0.328 e. The second-order valence-electron chi connectivity index (χ2n) is 4.64. The van der Waals surface area contributed by atoms with Crippen LogP contribution in [0.1, 0.15) is 53.4 Å². The molecule has 0 aliphatic rings. The summed E-state index contributed by atoms with van der Waals surface area (Å²) >= 11 is 0. The van der Waals surface area contributed by atoms with Gasteiger partial charge in [0.2, 0.25) is 0 Å². The van der Waals surface area contributed by atoms with Gasteiger partial charge in [-0.15, -0.1) is 0 Å². The Kier molecular flexibility index (Phi) is 6.45. The molecule has 0 fully saturated rings. The molecule has 0 heterocycles. The van der Waals surface area contributed by atoms with Gasteiger partial charge in [-0.2, -0.15) is 0 Å². The first kappa shape index (κ1) is 12.0. The van der Waals surface area contributed by atoms with Crippen molar-refractivity contribution in [2.45, 2.75) is 59.4 Å². The van der Waals surface area contributed by atoms with Gasteiger partial charge in [-0.25, -0.2) is 0 Å². The molecule has 12 heavy (non-hydrogen) atoms. The van der Waals surface area contributed by atoms with Crippen LogP contribution in [0.2, 0.25) is 0 Å². The van der Waals surface area contributed by atoms with E-state index in [4.69, 9.17) is 5.73 Å². The van der Waals surface area contributed by atoms with Gasteiger partial charge in [0.05, 0.1) is 0 Å². The zero-order valence-electron chi connectivity index (χ0n) is 9.14. The zero-order valence-corrected chi connectivity index (χ0v) is 9.14. The van der Waals surface area contributed by atoms with Crippen LogP contribution in [-0.2, 0) is 0 Å². The summed E-state index contributed by atoms with van der Waals surface area (Å²) in [6.45, 7) is 8.98. The highest BCUT2D eigenvalue weighted by molar-refractivity contribution is 4.61. The molecule has 74 valence electrons. The van der Waals surface area contributed by atoms with Gasteiger partial charge in [-0.05, 0) is 25.2 Å². The van der Waals surface area contributed by atoms with E-state index in [0.29, 0.717) is 6.04 Å². The minimum Gasteiger partial charge on any atom is -0.328 e. The molecule has 2 unspecified atom stereocenters. The molecular weight excluding hydrogens is 146 g/mol. The van der Waals surface area contributed by atoms with Gasteiger partial charge in [0, 0.05) is 6.04 Å². The molecule has 2 N–H and O–H groups in total. The van der Waals surface area contributed by atoms with E-state index < -0.39 is 0 Å². The molecule has 0 rings (SSSR count). The van der Waals surface area contributed by atoms with Crippen LogP contribution < -0.4 is 5.73 Å². The summed E-state index contributed by atoms with van der Waals surface area (Å²) in [5, 5.41) is 0. The molecule has 0 saturated heterocycles. The number of hydrogen-bond acceptors (Lipinski definition) is 1. The van der Waals surface area contributed by atoms with Crippen LogP contribution in [0.3, 0.4) is 0 Å². The Morgan fingerprint density at radius 1 is 1.00 bits per heavy atom. The second kappa shape index (κ2) is 6.47. The van der Waals surface area contributed by atoms with Crippen molar-refractivity contribution in [3.05, 3.63) is 0 Å². The van der Waals surface area contributed by atoms with E-state index in [1.807, 2.05) is 0 Å². The number of hydrogen-bond donors (Lipinski definition) is 1. The SMILES string of the molecule is CC(C)CCCC(C)CC(C)N. The third-order valence-corrected chi connectivity index (χ3v) is 2.25. The Labute approximate surface area is 77.7 Å². The molecule has 0 aromatic heterocycles. The van der Waals surface area contributed by atoms with Crippen LogP contribution in [0.5, 0.6) is 0 Å². The maximum Gasteiger partial charge on any atom is 0.00130 e. The smallest absolute Gasteiger partial charge is 0.00130 e. The van der Waals surface area contributed by atoms with Crippen LogP contribution in [0.4, 0.5) is 0 Å². The predicted octanol–water partition coefficient (Wildman–Crippen LogP) is 3.19. The average molecular weight is 171 g/mol. The number of rotatable bonds is 6. The lowest BCUT2D eigenvalue weighted by molar-refractivity contribution is 0.413. The van der Waals surface area contributed by atoms with Crippen LogP contribution in [0, 0.1) is 11.8 Å². The third kappa shape index (κ3) is 8.06. The molecular formula is C11H25N. The molecule has 0 amide bonds. The maximum absolute atomic E-state index is 5.72. The fourth-order valence-electron chi connectivity index (χ4n) is 1.63. The first-order chi connectivity index (χ1) is 5.52. The van der Waals surface area contributed by atoms with E-state index in [0.717, 1.165) is 11.8 Å². The lowest BCUT2D eigenvalue weighted by Gasteiger charge is -2.14. The molecule has 1 heteroatoms. The maximum atomic E-state index is 5.72. The van der Waals surface area contributed by atoms with E-state index in [-0.39, 0.29) is 0 Å². The highest BCUT2D eigenvalue weighted by atomic mass is 14.6. The van der Waals surface area contributed by atoms with Gasteiger partial charge in [-0.1, -0.05) is 40.0 Å². The summed E-state index contributed by atoms with van der Waals surface area (Å²) in [5.74, 6) is 1.66. The normalized spacial score (nSPS) is 16.5. The zero-order chi connectivity index (χ0) is 9.56. The van der Waals surface area contributed by atoms with Gasteiger partial charge >= 0.3 is 0 Å². The summed E-state index contributed by atoms with van der Waals surface area (Å²) in [7, 11) is 0. The first-order valence-corrected chi connectivity index (χ1v) is 5.28. The molecule has 0 aromatic carbocycles. The second-order valence-corrected chi connectivity index (χ2v) is 4.64. The van der Waals surface area contributed by atoms with Crippen LogP contribution in [0.25, 0.3) is 0 Å². The standard InChI is InChI=1S/C11H25N/c1-9(2)6-5-7-10(3)8-11(4)12/h9-11H,5-8,12H2,1-4H3. The van der Waals surface area contributed by atoms with Gasteiger partial charge in [-0.3, -0.25) is 0 Å². The predicted molar refractivity (Wildman–Crippen MR) is 56.1 cm³/mol. The van der Waals surface area contributed by atoms with Crippen molar-refractivity contribution in [1.82, 2.24) is 0 Å². The Morgan fingerprint density at radius 3 is 2.00 bits per heavy atom. The van der Waals surface area contributed by atoms with E-state index in [1.165, 1.54) is 25.7 Å². The first-order valence-electron chi connectivity index (χ1n) is 5.28. The molecule has 0 aromatic rings. The highest BCUT2D eigenvalue weighted by Gasteiger charge is 2.05. The minimum atomic E-state index is 0.374. The van der Waals surface area contributed by atoms with Crippen molar-refractivity contribution >= 4 is 0 Å². The minimum absolute atomic E-state index is 0.374. The van der Waals surface area contributed by atoms with Crippen molar-refractivity contribution in [1.29, 1.82) is 0 Å². The summed E-state index contributed by atoms with van der Waals surface area (Å²) in [6, 6.07) is 0.374. The van der Waals surface area contributed by atoms with Crippen molar-refractivity contribution in [2.24, 2.45) is 17.6 Å². The molecule has 2 atom stereocenters. The lowest BCUT2D eigenvalue weighted by Crippen LogP contribution is -2.18. The molecule has 0 bridgehead atoms. The van der Waals surface area contributed by atoms with Crippen molar-refractivity contribution in [2.75, 3.05) is 0 Å². The van der Waals surface area contributed by atoms with Crippen LogP contribution in [0.15, 0.2) is 0 Å². The molecule has 0 spiro atoms. The molecule has 0 aliphatic carbocycles. The molecule has 1 nitrogen and oxygen atoms in total. The summed E-state index contributed by atoms with van der Waals surface area (Å²) in [4.78, 5) is 0.